The summed E-state index contributed by atoms with van der Waals surface area (Å²) in [6, 6.07) is 6.80. The lowest BCUT2D eigenvalue weighted by atomic mass is 10.0. The van der Waals surface area contributed by atoms with Gasteiger partial charge in [-0.2, -0.15) is 0 Å². The summed E-state index contributed by atoms with van der Waals surface area (Å²) < 4.78 is 26.8. The smallest absolute Gasteiger partial charge is 0.235 e. The van der Waals surface area contributed by atoms with Crippen molar-refractivity contribution in [1.82, 2.24) is 0 Å². The fraction of sp³-hybridized carbons (Fsp3) is 0.500. The van der Waals surface area contributed by atoms with Gasteiger partial charge in [0.2, 0.25) is 10.0 Å². The van der Waals surface area contributed by atoms with E-state index in [4.69, 9.17) is 11.6 Å². The van der Waals surface area contributed by atoms with Gasteiger partial charge in [0, 0.05) is 10.7 Å². The van der Waals surface area contributed by atoms with E-state index in [-0.39, 0.29) is 5.25 Å². The number of rotatable bonds is 3. The average Bonchev–Trinajstić information content (AvgIpc) is 2.29. The summed E-state index contributed by atoms with van der Waals surface area (Å²) in [5.74, 6) is 0. The van der Waals surface area contributed by atoms with Crippen molar-refractivity contribution in [2.75, 3.05) is 4.72 Å². The Balaban J connectivity index is 2.11. The molecule has 0 radical (unpaired) electrons. The molecule has 0 bridgehead atoms. The van der Waals surface area contributed by atoms with Gasteiger partial charge in [-0.25, -0.2) is 8.42 Å². The lowest BCUT2D eigenvalue weighted by molar-refractivity contribution is 0.486. The van der Waals surface area contributed by atoms with Crippen LogP contribution in [0.4, 0.5) is 5.69 Å². The first kappa shape index (κ1) is 12.7. The van der Waals surface area contributed by atoms with Gasteiger partial charge in [-0.1, -0.05) is 36.9 Å². The Hall–Kier alpha value is -0.740. The first-order chi connectivity index (χ1) is 8.08. The van der Waals surface area contributed by atoms with Crippen molar-refractivity contribution in [3.63, 3.8) is 0 Å². The van der Waals surface area contributed by atoms with Crippen molar-refractivity contribution in [2.45, 2.75) is 37.4 Å². The minimum atomic E-state index is -3.26. The third-order valence-electron chi connectivity index (χ3n) is 3.08. The maximum absolute atomic E-state index is 12.1. The zero-order valence-corrected chi connectivity index (χ0v) is 11.1. The number of anilines is 1. The van der Waals surface area contributed by atoms with Crippen molar-refractivity contribution in [1.29, 1.82) is 0 Å². The summed E-state index contributed by atoms with van der Waals surface area (Å²) in [5, 5.41) is 0.282. The highest BCUT2D eigenvalue weighted by Gasteiger charge is 2.27. The van der Waals surface area contributed by atoms with Crippen LogP contribution in [0.1, 0.15) is 32.1 Å². The number of halogens is 1. The SMILES string of the molecule is O=S(=O)(Nc1cccc(Cl)c1)C1CCCCC1. The second-order valence-electron chi connectivity index (χ2n) is 4.42. The molecule has 0 atom stereocenters. The van der Waals surface area contributed by atoms with Crippen LogP contribution in [-0.2, 0) is 10.0 Å². The van der Waals surface area contributed by atoms with Gasteiger partial charge in [-0.05, 0) is 31.0 Å². The molecule has 0 saturated heterocycles. The van der Waals surface area contributed by atoms with Crippen LogP contribution in [0.2, 0.25) is 5.02 Å². The molecule has 0 heterocycles. The minimum Gasteiger partial charge on any atom is -0.283 e. The standard InChI is InChI=1S/C12H16ClNO2S/c13-10-5-4-6-11(9-10)14-17(15,16)12-7-2-1-3-8-12/h4-6,9,12,14H,1-3,7-8H2. The molecule has 2 rings (SSSR count). The summed E-state index contributed by atoms with van der Waals surface area (Å²) >= 11 is 5.82. The van der Waals surface area contributed by atoms with Crippen molar-refractivity contribution < 1.29 is 8.42 Å². The molecule has 0 aromatic heterocycles. The molecule has 17 heavy (non-hydrogen) atoms. The molecular formula is C12H16ClNO2S. The zero-order valence-electron chi connectivity index (χ0n) is 9.52. The summed E-state index contributed by atoms with van der Waals surface area (Å²) in [6.45, 7) is 0. The molecule has 1 N–H and O–H groups in total. The fourth-order valence-corrected chi connectivity index (χ4v) is 3.94. The van der Waals surface area contributed by atoms with Gasteiger partial charge in [-0.3, -0.25) is 4.72 Å². The molecular weight excluding hydrogens is 258 g/mol. The van der Waals surface area contributed by atoms with Crippen molar-refractivity contribution in [3.05, 3.63) is 29.3 Å². The second-order valence-corrected chi connectivity index (χ2v) is 6.81. The van der Waals surface area contributed by atoms with Crippen LogP contribution >= 0.6 is 11.6 Å². The van der Waals surface area contributed by atoms with E-state index in [1.807, 2.05) is 0 Å². The average molecular weight is 274 g/mol. The molecule has 1 aromatic carbocycles. The monoisotopic (exact) mass is 273 g/mol. The molecule has 0 spiro atoms. The molecule has 5 heteroatoms. The summed E-state index contributed by atoms with van der Waals surface area (Å²) in [6.07, 6.45) is 4.66. The summed E-state index contributed by atoms with van der Waals surface area (Å²) in [7, 11) is -3.26. The quantitative estimate of drug-likeness (QED) is 0.917. The highest BCUT2D eigenvalue weighted by atomic mass is 35.5. The van der Waals surface area contributed by atoms with Gasteiger partial charge in [-0.15, -0.1) is 0 Å². The highest BCUT2D eigenvalue weighted by molar-refractivity contribution is 7.93. The third-order valence-corrected chi connectivity index (χ3v) is 5.18. The van der Waals surface area contributed by atoms with Crippen molar-refractivity contribution in [3.8, 4) is 0 Å². The fourth-order valence-electron chi connectivity index (χ4n) is 2.17. The third kappa shape index (κ3) is 3.36. The predicted octanol–water partition coefficient (Wildman–Crippen LogP) is 3.41. The number of hydrogen-bond donors (Lipinski definition) is 1. The Morgan fingerprint density at radius 3 is 2.53 bits per heavy atom. The first-order valence-electron chi connectivity index (χ1n) is 5.85. The Kier molecular flexibility index (Phi) is 3.94. The summed E-state index contributed by atoms with van der Waals surface area (Å²) in [4.78, 5) is 0. The Bertz CT molecular complexity index is 481. The number of nitrogens with one attached hydrogen (secondary N) is 1. The van der Waals surface area contributed by atoms with E-state index < -0.39 is 10.0 Å². The lowest BCUT2D eigenvalue weighted by Crippen LogP contribution is -2.29. The minimum absolute atomic E-state index is 0.254. The normalized spacial score (nSPS) is 17.9. The first-order valence-corrected chi connectivity index (χ1v) is 7.77. The van der Waals surface area contributed by atoms with Crippen LogP contribution in [0.15, 0.2) is 24.3 Å². The van der Waals surface area contributed by atoms with Crippen LogP contribution in [0, 0.1) is 0 Å². The molecule has 0 unspecified atom stereocenters. The Labute approximate surface area is 107 Å². The number of benzene rings is 1. The van der Waals surface area contributed by atoms with E-state index in [1.165, 1.54) is 0 Å². The molecule has 3 nitrogen and oxygen atoms in total. The largest absolute Gasteiger partial charge is 0.283 e. The van der Waals surface area contributed by atoms with Gasteiger partial charge in [0.1, 0.15) is 0 Å². The van der Waals surface area contributed by atoms with Crippen LogP contribution in [0.25, 0.3) is 0 Å². The number of hydrogen-bond acceptors (Lipinski definition) is 2. The molecule has 1 aliphatic rings. The van der Waals surface area contributed by atoms with Crippen LogP contribution in [-0.4, -0.2) is 13.7 Å². The van der Waals surface area contributed by atoms with Crippen molar-refractivity contribution in [2.24, 2.45) is 0 Å². The zero-order chi connectivity index (χ0) is 12.3. The topological polar surface area (TPSA) is 46.2 Å². The van der Waals surface area contributed by atoms with E-state index in [9.17, 15) is 8.42 Å². The summed E-state index contributed by atoms with van der Waals surface area (Å²) in [5.41, 5.74) is 0.545. The van der Waals surface area contributed by atoms with Crippen LogP contribution in [0.3, 0.4) is 0 Å². The molecule has 1 fully saturated rings. The van der Waals surface area contributed by atoms with Gasteiger partial charge >= 0.3 is 0 Å². The second kappa shape index (κ2) is 5.27. The van der Waals surface area contributed by atoms with Gasteiger partial charge in [0.25, 0.3) is 0 Å². The molecule has 1 aliphatic carbocycles. The lowest BCUT2D eigenvalue weighted by Gasteiger charge is -2.22. The predicted molar refractivity (Wildman–Crippen MR) is 70.9 cm³/mol. The molecule has 0 aliphatic heterocycles. The Morgan fingerprint density at radius 2 is 1.88 bits per heavy atom. The van der Waals surface area contributed by atoms with Gasteiger partial charge < -0.3 is 0 Å². The van der Waals surface area contributed by atoms with E-state index in [0.29, 0.717) is 10.7 Å². The van der Waals surface area contributed by atoms with Gasteiger partial charge in [0.05, 0.1) is 5.25 Å². The van der Waals surface area contributed by atoms with Gasteiger partial charge in [0.15, 0.2) is 0 Å². The van der Waals surface area contributed by atoms with E-state index in [2.05, 4.69) is 4.72 Å². The Morgan fingerprint density at radius 1 is 1.18 bits per heavy atom. The van der Waals surface area contributed by atoms with Crippen molar-refractivity contribution >= 4 is 27.3 Å². The highest BCUT2D eigenvalue weighted by Crippen LogP contribution is 2.25. The molecule has 94 valence electrons. The van der Waals surface area contributed by atoms with E-state index >= 15 is 0 Å². The van der Waals surface area contributed by atoms with Crippen LogP contribution in [0.5, 0.6) is 0 Å². The van der Waals surface area contributed by atoms with Crippen LogP contribution < -0.4 is 4.72 Å². The maximum Gasteiger partial charge on any atom is 0.235 e. The van der Waals surface area contributed by atoms with E-state index in [0.717, 1.165) is 32.1 Å². The molecule has 1 aromatic rings. The van der Waals surface area contributed by atoms with E-state index in [1.54, 1.807) is 24.3 Å². The molecule has 0 amide bonds. The number of sulfonamides is 1. The maximum atomic E-state index is 12.1. The molecule has 1 saturated carbocycles.